The van der Waals surface area contributed by atoms with Crippen LogP contribution in [-0.4, -0.2) is 17.5 Å². The van der Waals surface area contributed by atoms with Gasteiger partial charge in [0.05, 0.1) is 5.88 Å². The van der Waals surface area contributed by atoms with Gasteiger partial charge in [0, 0.05) is 5.92 Å². The van der Waals surface area contributed by atoms with Gasteiger partial charge in [-0.05, 0) is 20.8 Å². The molecule has 0 atom stereocenters. The highest BCUT2D eigenvalue weighted by atomic mass is 35.5. The van der Waals surface area contributed by atoms with Crippen LogP contribution in [0.3, 0.4) is 0 Å². The first kappa shape index (κ1) is 10.3. The lowest BCUT2D eigenvalue weighted by atomic mass is 10.2. The predicted octanol–water partition coefficient (Wildman–Crippen LogP) is 1.57. The molecule has 0 unspecified atom stereocenters. The van der Waals surface area contributed by atoms with Crippen molar-refractivity contribution in [2.75, 3.05) is 5.88 Å². The third kappa shape index (κ3) is 7.21. The van der Waals surface area contributed by atoms with Crippen molar-refractivity contribution in [2.24, 2.45) is 0 Å². The second-order valence-electron chi connectivity index (χ2n) is 2.94. The maximum absolute atomic E-state index is 10.8. The van der Waals surface area contributed by atoms with E-state index in [9.17, 15) is 4.79 Å². The predicted molar refractivity (Wildman–Crippen MR) is 44.3 cm³/mol. The quantitative estimate of drug-likeness (QED) is 0.241. The van der Waals surface area contributed by atoms with Gasteiger partial charge < -0.3 is 4.74 Å². The topological polar surface area (TPSA) is 26.3 Å². The van der Waals surface area contributed by atoms with Gasteiger partial charge in [0.1, 0.15) is 5.60 Å². The smallest absolute Gasteiger partial charge is 0.384 e. The van der Waals surface area contributed by atoms with E-state index in [1.54, 1.807) is 20.8 Å². The Morgan fingerprint density at radius 3 is 2.45 bits per heavy atom. The molecule has 0 fully saturated rings. The fourth-order valence-corrected chi connectivity index (χ4v) is 0.476. The summed E-state index contributed by atoms with van der Waals surface area (Å²) in [5.74, 6) is 4.28. The Balaban J connectivity index is 3.89. The normalized spacial score (nSPS) is 9.82. The Morgan fingerprint density at radius 1 is 1.55 bits per heavy atom. The molecule has 3 heteroatoms. The van der Waals surface area contributed by atoms with E-state index < -0.39 is 11.6 Å². The molecule has 0 aromatic rings. The number of hydrogen-bond donors (Lipinski definition) is 0. The standard InChI is InChI=1S/C8H11ClO2/c1-8(2,3)11-7(10)5-4-6-9/h6H2,1-3H3. The van der Waals surface area contributed by atoms with Gasteiger partial charge >= 0.3 is 5.97 Å². The third-order valence-electron chi connectivity index (χ3n) is 0.656. The Morgan fingerprint density at radius 2 is 2.09 bits per heavy atom. The molecular formula is C8H11ClO2. The first-order valence-electron chi connectivity index (χ1n) is 3.23. The zero-order valence-electron chi connectivity index (χ0n) is 6.90. The summed E-state index contributed by atoms with van der Waals surface area (Å²) in [6.45, 7) is 5.35. The molecule has 0 heterocycles. The lowest BCUT2D eigenvalue weighted by molar-refractivity contribution is -0.147. The summed E-state index contributed by atoms with van der Waals surface area (Å²) in [5, 5.41) is 0. The molecular weight excluding hydrogens is 164 g/mol. The highest BCUT2D eigenvalue weighted by Gasteiger charge is 2.13. The van der Waals surface area contributed by atoms with Crippen LogP contribution in [0.15, 0.2) is 0 Å². The largest absolute Gasteiger partial charge is 0.450 e. The Kier molecular flexibility index (Phi) is 3.99. The van der Waals surface area contributed by atoms with Crippen LogP contribution in [-0.2, 0) is 9.53 Å². The molecule has 62 valence electrons. The number of hydrogen-bond acceptors (Lipinski definition) is 2. The zero-order valence-corrected chi connectivity index (χ0v) is 7.66. The van der Waals surface area contributed by atoms with Crippen molar-refractivity contribution in [1.82, 2.24) is 0 Å². The van der Waals surface area contributed by atoms with Crippen molar-refractivity contribution in [1.29, 1.82) is 0 Å². The molecule has 0 rings (SSSR count). The van der Waals surface area contributed by atoms with Gasteiger partial charge in [-0.1, -0.05) is 5.92 Å². The molecule has 0 saturated carbocycles. The van der Waals surface area contributed by atoms with Crippen LogP contribution in [0.2, 0.25) is 0 Å². The molecule has 0 N–H and O–H groups in total. The first-order chi connectivity index (χ1) is 4.95. The highest BCUT2D eigenvalue weighted by Crippen LogP contribution is 2.05. The molecule has 11 heavy (non-hydrogen) atoms. The van der Waals surface area contributed by atoms with E-state index in [1.165, 1.54) is 0 Å². The second-order valence-corrected chi connectivity index (χ2v) is 3.20. The summed E-state index contributed by atoms with van der Waals surface area (Å²) < 4.78 is 4.87. The minimum atomic E-state index is -0.529. The monoisotopic (exact) mass is 174 g/mol. The van der Waals surface area contributed by atoms with Crippen molar-refractivity contribution < 1.29 is 9.53 Å². The van der Waals surface area contributed by atoms with Crippen LogP contribution in [0.1, 0.15) is 20.8 Å². The van der Waals surface area contributed by atoms with Crippen molar-refractivity contribution in [3.63, 3.8) is 0 Å². The van der Waals surface area contributed by atoms with E-state index in [-0.39, 0.29) is 5.88 Å². The average molecular weight is 175 g/mol. The number of alkyl halides is 1. The van der Waals surface area contributed by atoms with E-state index in [0.29, 0.717) is 0 Å². The van der Waals surface area contributed by atoms with Crippen LogP contribution in [0.25, 0.3) is 0 Å². The summed E-state index contributed by atoms with van der Waals surface area (Å²) in [6.07, 6.45) is 0. The average Bonchev–Trinajstić information content (AvgIpc) is 1.79. The van der Waals surface area contributed by atoms with Crippen molar-refractivity contribution in [3.8, 4) is 11.8 Å². The van der Waals surface area contributed by atoms with Gasteiger partial charge in [0.15, 0.2) is 0 Å². The van der Waals surface area contributed by atoms with Gasteiger partial charge in [-0.3, -0.25) is 0 Å². The molecule has 2 nitrogen and oxygen atoms in total. The summed E-state index contributed by atoms with van der Waals surface area (Å²) >= 11 is 5.24. The third-order valence-corrected chi connectivity index (χ3v) is 0.790. The minimum absolute atomic E-state index is 0.152. The molecule has 0 amide bonds. The summed E-state index contributed by atoms with van der Waals surface area (Å²) in [5.41, 5.74) is -0.474. The Labute approximate surface area is 71.9 Å². The molecule has 0 aromatic heterocycles. The lowest BCUT2D eigenvalue weighted by Crippen LogP contribution is -2.22. The Hall–Kier alpha value is -0.680. The number of carbonyl (C=O) groups excluding carboxylic acids is 1. The molecule has 0 bridgehead atoms. The maximum atomic E-state index is 10.8. The molecule has 0 aliphatic carbocycles. The van der Waals surface area contributed by atoms with Gasteiger partial charge in [-0.2, -0.15) is 0 Å². The fourth-order valence-electron chi connectivity index (χ4n) is 0.409. The summed E-state index contributed by atoms with van der Waals surface area (Å²) in [4.78, 5) is 10.8. The number of carbonyl (C=O) groups is 1. The van der Waals surface area contributed by atoms with Crippen LogP contribution < -0.4 is 0 Å². The number of ether oxygens (including phenoxy) is 1. The van der Waals surface area contributed by atoms with E-state index >= 15 is 0 Å². The lowest BCUT2D eigenvalue weighted by Gasteiger charge is -2.16. The van der Waals surface area contributed by atoms with Crippen molar-refractivity contribution in [3.05, 3.63) is 0 Å². The van der Waals surface area contributed by atoms with Crippen molar-refractivity contribution >= 4 is 17.6 Å². The van der Waals surface area contributed by atoms with Crippen LogP contribution in [0, 0.1) is 11.8 Å². The van der Waals surface area contributed by atoms with E-state index in [4.69, 9.17) is 16.3 Å². The van der Waals surface area contributed by atoms with Gasteiger partial charge in [0.25, 0.3) is 0 Å². The number of esters is 1. The molecule has 0 radical (unpaired) electrons. The molecule has 0 aromatic carbocycles. The summed E-state index contributed by atoms with van der Waals surface area (Å²) in [6, 6.07) is 0. The maximum Gasteiger partial charge on any atom is 0.384 e. The van der Waals surface area contributed by atoms with Crippen LogP contribution in [0.5, 0.6) is 0 Å². The highest BCUT2D eigenvalue weighted by molar-refractivity contribution is 6.19. The summed E-state index contributed by atoms with van der Waals surface area (Å²) in [7, 11) is 0. The molecule has 0 spiro atoms. The van der Waals surface area contributed by atoms with E-state index in [1.807, 2.05) is 0 Å². The SMILES string of the molecule is CC(C)(C)OC(=O)C#CCCl. The minimum Gasteiger partial charge on any atom is -0.450 e. The van der Waals surface area contributed by atoms with E-state index in [0.717, 1.165) is 0 Å². The zero-order chi connectivity index (χ0) is 8.91. The first-order valence-corrected chi connectivity index (χ1v) is 3.77. The van der Waals surface area contributed by atoms with Gasteiger partial charge in [0.2, 0.25) is 0 Å². The molecule has 0 aliphatic heterocycles. The number of halogens is 1. The molecule has 0 aliphatic rings. The molecule has 0 saturated heterocycles. The number of rotatable bonds is 0. The van der Waals surface area contributed by atoms with Gasteiger partial charge in [-0.15, -0.1) is 11.6 Å². The van der Waals surface area contributed by atoms with E-state index in [2.05, 4.69) is 11.8 Å². The van der Waals surface area contributed by atoms with Crippen LogP contribution in [0.4, 0.5) is 0 Å². The van der Waals surface area contributed by atoms with Crippen LogP contribution >= 0.6 is 11.6 Å². The van der Waals surface area contributed by atoms with Crippen molar-refractivity contribution in [2.45, 2.75) is 26.4 Å². The Bertz CT molecular complexity index is 192. The second kappa shape index (κ2) is 4.25. The fraction of sp³-hybridized carbons (Fsp3) is 0.625. The van der Waals surface area contributed by atoms with Gasteiger partial charge in [-0.25, -0.2) is 4.79 Å².